The van der Waals surface area contributed by atoms with Gasteiger partial charge in [0, 0.05) is 12.5 Å². The molecule has 1 rings (SSSR count). The molecule has 14 heavy (non-hydrogen) atoms. The van der Waals surface area contributed by atoms with Crippen molar-refractivity contribution in [3.05, 3.63) is 0 Å². The summed E-state index contributed by atoms with van der Waals surface area (Å²) in [5, 5.41) is 0. The monoisotopic (exact) mass is 223 g/mol. The standard InChI is InChI=1S/C9H18FNO2S/c1-9(10)6-4-3-5-8(9)7-11-14(2,12)13/h8,11H,3-7H2,1-2H3. The minimum absolute atomic E-state index is 0.175. The van der Waals surface area contributed by atoms with Gasteiger partial charge in [-0.05, 0) is 19.8 Å². The van der Waals surface area contributed by atoms with Gasteiger partial charge >= 0.3 is 0 Å². The van der Waals surface area contributed by atoms with Crippen molar-refractivity contribution >= 4 is 10.0 Å². The minimum Gasteiger partial charge on any atom is -0.244 e. The molecule has 3 nitrogen and oxygen atoms in total. The summed E-state index contributed by atoms with van der Waals surface area (Å²) in [4.78, 5) is 0. The van der Waals surface area contributed by atoms with E-state index in [0.29, 0.717) is 6.42 Å². The van der Waals surface area contributed by atoms with E-state index in [1.54, 1.807) is 6.92 Å². The Labute approximate surface area is 85.1 Å². The SMILES string of the molecule is CC1(F)CCCCC1CNS(C)(=O)=O. The Balaban J connectivity index is 2.50. The molecular weight excluding hydrogens is 205 g/mol. The number of hydrogen-bond donors (Lipinski definition) is 1. The highest BCUT2D eigenvalue weighted by atomic mass is 32.2. The van der Waals surface area contributed by atoms with E-state index < -0.39 is 15.7 Å². The first-order valence-electron chi connectivity index (χ1n) is 4.95. The number of rotatable bonds is 3. The van der Waals surface area contributed by atoms with Gasteiger partial charge in [0.25, 0.3) is 0 Å². The second kappa shape index (κ2) is 4.14. The molecule has 0 saturated heterocycles. The molecule has 0 amide bonds. The summed E-state index contributed by atoms with van der Waals surface area (Å²) >= 11 is 0. The third-order valence-electron chi connectivity index (χ3n) is 2.91. The molecule has 1 saturated carbocycles. The smallest absolute Gasteiger partial charge is 0.208 e. The zero-order valence-corrected chi connectivity index (χ0v) is 9.53. The van der Waals surface area contributed by atoms with Crippen LogP contribution in [0.25, 0.3) is 0 Å². The Morgan fingerprint density at radius 2 is 2.14 bits per heavy atom. The lowest BCUT2D eigenvalue weighted by molar-refractivity contribution is 0.0598. The van der Waals surface area contributed by atoms with Gasteiger partial charge in [0.15, 0.2) is 0 Å². The maximum Gasteiger partial charge on any atom is 0.208 e. The van der Waals surface area contributed by atoms with Gasteiger partial charge in [-0.1, -0.05) is 12.8 Å². The molecule has 0 spiro atoms. The number of nitrogens with one attached hydrogen (secondary N) is 1. The molecule has 2 unspecified atom stereocenters. The zero-order valence-electron chi connectivity index (χ0n) is 8.72. The normalized spacial score (nSPS) is 34.4. The summed E-state index contributed by atoms with van der Waals surface area (Å²) in [6.07, 6.45) is 4.32. The summed E-state index contributed by atoms with van der Waals surface area (Å²) in [7, 11) is -3.19. The molecule has 2 atom stereocenters. The average Bonchev–Trinajstić information content (AvgIpc) is 2.00. The van der Waals surface area contributed by atoms with Crippen molar-refractivity contribution in [3.63, 3.8) is 0 Å². The van der Waals surface area contributed by atoms with Gasteiger partial charge in [-0.2, -0.15) is 0 Å². The van der Waals surface area contributed by atoms with E-state index >= 15 is 0 Å². The predicted molar refractivity (Wildman–Crippen MR) is 54.3 cm³/mol. The fourth-order valence-corrected chi connectivity index (χ4v) is 2.44. The lowest BCUT2D eigenvalue weighted by atomic mass is 9.78. The molecule has 1 N–H and O–H groups in total. The first-order chi connectivity index (χ1) is 6.31. The lowest BCUT2D eigenvalue weighted by Crippen LogP contribution is -2.41. The Kier molecular flexibility index (Phi) is 3.53. The molecule has 0 radical (unpaired) electrons. The van der Waals surface area contributed by atoms with Crippen molar-refractivity contribution in [2.24, 2.45) is 5.92 Å². The van der Waals surface area contributed by atoms with Crippen LogP contribution >= 0.6 is 0 Å². The van der Waals surface area contributed by atoms with Crippen LogP contribution in [0.3, 0.4) is 0 Å². The van der Waals surface area contributed by atoms with E-state index in [1.165, 1.54) is 0 Å². The highest BCUT2D eigenvalue weighted by Crippen LogP contribution is 2.36. The summed E-state index contributed by atoms with van der Waals surface area (Å²) in [5.74, 6) is -0.175. The average molecular weight is 223 g/mol. The molecule has 0 aromatic carbocycles. The van der Waals surface area contributed by atoms with E-state index in [9.17, 15) is 12.8 Å². The van der Waals surface area contributed by atoms with Crippen molar-refractivity contribution in [1.82, 2.24) is 4.72 Å². The quantitative estimate of drug-likeness (QED) is 0.787. The van der Waals surface area contributed by atoms with Crippen molar-refractivity contribution in [3.8, 4) is 0 Å². The molecule has 0 aromatic heterocycles. The molecule has 0 aliphatic heterocycles. The first-order valence-corrected chi connectivity index (χ1v) is 6.84. The van der Waals surface area contributed by atoms with Crippen LogP contribution in [0.1, 0.15) is 32.6 Å². The van der Waals surface area contributed by atoms with Gasteiger partial charge in [0.05, 0.1) is 6.26 Å². The number of hydrogen-bond acceptors (Lipinski definition) is 2. The van der Waals surface area contributed by atoms with Crippen molar-refractivity contribution in [2.45, 2.75) is 38.3 Å². The van der Waals surface area contributed by atoms with Crippen LogP contribution in [0.4, 0.5) is 4.39 Å². The maximum atomic E-state index is 13.9. The molecule has 1 fully saturated rings. The molecule has 0 heterocycles. The molecule has 0 bridgehead atoms. The summed E-state index contributed by atoms with van der Waals surface area (Å²) in [5.41, 5.74) is -1.21. The van der Waals surface area contributed by atoms with E-state index in [0.717, 1.165) is 25.5 Å². The zero-order chi connectivity index (χ0) is 10.8. The Hall–Kier alpha value is -0.160. The third kappa shape index (κ3) is 3.53. The van der Waals surface area contributed by atoms with Crippen LogP contribution < -0.4 is 4.72 Å². The molecule has 1 aliphatic carbocycles. The van der Waals surface area contributed by atoms with Crippen molar-refractivity contribution in [1.29, 1.82) is 0 Å². The van der Waals surface area contributed by atoms with Gasteiger partial charge in [0.2, 0.25) is 10.0 Å². The lowest BCUT2D eigenvalue weighted by Gasteiger charge is -2.34. The van der Waals surface area contributed by atoms with Gasteiger partial charge in [-0.3, -0.25) is 0 Å². The van der Waals surface area contributed by atoms with E-state index in [4.69, 9.17) is 0 Å². The fraction of sp³-hybridized carbons (Fsp3) is 1.00. The Morgan fingerprint density at radius 3 is 2.64 bits per heavy atom. The van der Waals surface area contributed by atoms with Crippen LogP contribution in [0.5, 0.6) is 0 Å². The number of halogens is 1. The number of sulfonamides is 1. The largest absolute Gasteiger partial charge is 0.244 e. The summed E-state index contributed by atoms with van der Waals surface area (Å²) in [6.45, 7) is 1.80. The Morgan fingerprint density at radius 1 is 1.50 bits per heavy atom. The predicted octanol–water partition coefficient (Wildman–Crippen LogP) is 1.45. The van der Waals surface area contributed by atoms with Crippen LogP contribution in [0, 0.1) is 5.92 Å². The second-order valence-corrected chi connectivity index (χ2v) is 6.17. The summed E-state index contributed by atoms with van der Waals surface area (Å²) in [6, 6.07) is 0. The maximum absolute atomic E-state index is 13.9. The van der Waals surface area contributed by atoms with E-state index in [1.807, 2.05) is 0 Å². The van der Waals surface area contributed by atoms with Crippen LogP contribution in [0.15, 0.2) is 0 Å². The van der Waals surface area contributed by atoms with Crippen LogP contribution in [-0.2, 0) is 10.0 Å². The fourth-order valence-electron chi connectivity index (χ4n) is 1.93. The van der Waals surface area contributed by atoms with Crippen molar-refractivity contribution < 1.29 is 12.8 Å². The van der Waals surface area contributed by atoms with Crippen molar-refractivity contribution in [2.75, 3.05) is 12.8 Å². The Bertz CT molecular complexity index is 287. The topological polar surface area (TPSA) is 46.2 Å². The van der Waals surface area contributed by atoms with E-state index in [2.05, 4.69) is 4.72 Å². The van der Waals surface area contributed by atoms with Crippen LogP contribution in [-0.4, -0.2) is 26.9 Å². The number of alkyl halides is 1. The second-order valence-electron chi connectivity index (χ2n) is 4.34. The first kappa shape index (κ1) is 11.9. The van der Waals surface area contributed by atoms with Gasteiger partial charge in [0.1, 0.15) is 5.67 Å². The van der Waals surface area contributed by atoms with Gasteiger partial charge in [-0.15, -0.1) is 0 Å². The molecule has 5 heteroatoms. The highest BCUT2D eigenvalue weighted by molar-refractivity contribution is 7.88. The highest BCUT2D eigenvalue weighted by Gasteiger charge is 2.36. The molecule has 1 aliphatic rings. The summed E-state index contributed by atoms with van der Waals surface area (Å²) < 4.78 is 38.0. The van der Waals surface area contributed by atoms with Gasteiger partial charge in [-0.25, -0.2) is 17.5 Å². The minimum atomic E-state index is -3.19. The van der Waals surface area contributed by atoms with Gasteiger partial charge < -0.3 is 0 Å². The third-order valence-corrected chi connectivity index (χ3v) is 3.60. The van der Waals surface area contributed by atoms with E-state index in [-0.39, 0.29) is 12.5 Å². The molecule has 84 valence electrons. The molecular formula is C9H18FNO2S. The molecule has 0 aromatic rings. The van der Waals surface area contributed by atoms with Crippen LogP contribution in [0.2, 0.25) is 0 Å².